The highest BCUT2D eigenvalue weighted by Gasteiger charge is 2.16. The van der Waals surface area contributed by atoms with Crippen molar-refractivity contribution in [2.24, 2.45) is 0 Å². The predicted octanol–water partition coefficient (Wildman–Crippen LogP) is -0.397. The van der Waals surface area contributed by atoms with Crippen LogP contribution in [0.1, 0.15) is 0 Å². The fraction of sp³-hybridized carbons (Fsp3) is 0.600. The summed E-state index contributed by atoms with van der Waals surface area (Å²) in [5, 5.41) is 2.79. The van der Waals surface area contributed by atoms with E-state index in [0.717, 1.165) is 0 Å². The Labute approximate surface area is 53.8 Å². The van der Waals surface area contributed by atoms with Gasteiger partial charge in [-0.05, 0) is 5.23 Å². The number of hydrogen-bond acceptors (Lipinski definition) is 4. The monoisotopic (exact) mass is 128 g/mol. The van der Waals surface area contributed by atoms with Crippen LogP contribution >= 0.6 is 0 Å². The van der Waals surface area contributed by atoms with Gasteiger partial charge in [0.15, 0.2) is 0 Å². The largest absolute Gasteiger partial charge is 0.255 e. The summed E-state index contributed by atoms with van der Waals surface area (Å²) in [4.78, 5) is 9.76. The Morgan fingerprint density at radius 3 is 3.00 bits per heavy atom. The van der Waals surface area contributed by atoms with Crippen LogP contribution in [0.25, 0.3) is 0 Å². The molecule has 1 fully saturated rings. The Balaban J connectivity index is 2.24. The third-order valence-electron chi connectivity index (χ3n) is 0.882. The van der Waals surface area contributed by atoms with Crippen molar-refractivity contribution < 1.29 is 9.78 Å². The lowest BCUT2D eigenvalue weighted by atomic mass is 10.7. The Morgan fingerprint density at radius 1 is 1.78 bits per heavy atom. The molecular formula is C5H8N2O2. The standard InChI is InChI=1S/C5H8N2O2/c1-3-4-7-5-8-6(2)9-7/h1H,4-5H2,2H3. The first-order valence-electron chi connectivity index (χ1n) is 2.56. The molecule has 0 atom stereocenters. The van der Waals surface area contributed by atoms with E-state index >= 15 is 0 Å². The molecule has 0 aromatic carbocycles. The second-order valence-corrected chi connectivity index (χ2v) is 1.62. The zero-order valence-corrected chi connectivity index (χ0v) is 5.20. The van der Waals surface area contributed by atoms with Crippen LogP contribution < -0.4 is 0 Å². The quantitative estimate of drug-likeness (QED) is 0.449. The SMILES string of the molecule is C#CCN1CON(C)O1. The van der Waals surface area contributed by atoms with Crippen LogP contribution in [0.15, 0.2) is 0 Å². The third-order valence-corrected chi connectivity index (χ3v) is 0.882. The smallest absolute Gasteiger partial charge is 0.149 e. The van der Waals surface area contributed by atoms with Crippen molar-refractivity contribution in [3.63, 3.8) is 0 Å². The number of nitrogens with zero attached hydrogens (tertiary/aromatic N) is 2. The van der Waals surface area contributed by atoms with Gasteiger partial charge in [0, 0.05) is 7.05 Å². The molecule has 1 saturated heterocycles. The molecule has 0 aromatic rings. The van der Waals surface area contributed by atoms with Crippen LogP contribution in [0.4, 0.5) is 0 Å². The van der Waals surface area contributed by atoms with Gasteiger partial charge in [0.1, 0.15) is 6.73 Å². The summed E-state index contributed by atoms with van der Waals surface area (Å²) >= 11 is 0. The van der Waals surface area contributed by atoms with Crippen LogP contribution in [0, 0.1) is 12.3 Å². The third kappa shape index (κ3) is 1.66. The summed E-state index contributed by atoms with van der Waals surface area (Å²) in [5.41, 5.74) is 0. The van der Waals surface area contributed by atoms with Gasteiger partial charge < -0.3 is 0 Å². The molecule has 0 N–H and O–H groups in total. The zero-order valence-electron chi connectivity index (χ0n) is 5.20. The Hall–Kier alpha value is -0.600. The van der Waals surface area contributed by atoms with E-state index in [0.29, 0.717) is 13.3 Å². The molecular weight excluding hydrogens is 120 g/mol. The van der Waals surface area contributed by atoms with Crippen molar-refractivity contribution in [1.29, 1.82) is 0 Å². The Bertz CT molecular complexity index is 131. The lowest BCUT2D eigenvalue weighted by Crippen LogP contribution is -2.20. The van der Waals surface area contributed by atoms with E-state index in [4.69, 9.17) is 16.2 Å². The number of rotatable bonds is 1. The minimum absolute atomic E-state index is 0.403. The summed E-state index contributed by atoms with van der Waals surface area (Å²) in [7, 11) is 1.66. The van der Waals surface area contributed by atoms with Gasteiger partial charge in [0.2, 0.25) is 0 Å². The highest BCUT2D eigenvalue weighted by molar-refractivity contribution is 4.85. The molecule has 0 aromatic heterocycles. The summed E-state index contributed by atoms with van der Waals surface area (Å²) < 4.78 is 0. The van der Waals surface area contributed by atoms with Crippen LogP contribution in [-0.2, 0) is 9.78 Å². The Morgan fingerprint density at radius 2 is 2.56 bits per heavy atom. The minimum Gasteiger partial charge on any atom is -0.255 e. The number of terminal acetylenes is 1. The molecule has 4 nitrogen and oxygen atoms in total. The highest BCUT2D eigenvalue weighted by Crippen LogP contribution is 2.03. The normalized spacial score (nSPS) is 22.2. The zero-order chi connectivity index (χ0) is 6.69. The van der Waals surface area contributed by atoms with Gasteiger partial charge in [-0.3, -0.25) is 4.84 Å². The molecule has 1 heterocycles. The Kier molecular flexibility index (Phi) is 2.03. The predicted molar refractivity (Wildman–Crippen MR) is 30.3 cm³/mol. The van der Waals surface area contributed by atoms with Crippen molar-refractivity contribution in [3.8, 4) is 12.3 Å². The summed E-state index contributed by atoms with van der Waals surface area (Å²) in [6, 6.07) is 0. The summed E-state index contributed by atoms with van der Waals surface area (Å²) in [6.07, 6.45) is 5.01. The first-order valence-corrected chi connectivity index (χ1v) is 2.56. The van der Waals surface area contributed by atoms with Crippen LogP contribution in [0.3, 0.4) is 0 Å². The lowest BCUT2D eigenvalue weighted by Gasteiger charge is -2.05. The van der Waals surface area contributed by atoms with E-state index in [2.05, 4.69) is 5.92 Å². The molecule has 0 radical (unpaired) electrons. The summed E-state index contributed by atoms with van der Waals surface area (Å²) in [6.45, 7) is 0.852. The molecule has 1 aliphatic rings. The molecule has 9 heavy (non-hydrogen) atoms. The topological polar surface area (TPSA) is 24.9 Å². The molecule has 50 valence electrons. The van der Waals surface area contributed by atoms with Gasteiger partial charge in [-0.1, -0.05) is 5.92 Å². The first-order chi connectivity index (χ1) is 4.33. The molecule has 4 heteroatoms. The van der Waals surface area contributed by atoms with Crippen molar-refractivity contribution in [3.05, 3.63) is 0 Å². The first kappa shape index (κ1) is 6.52. The van der Waals surface area contributed by atoms with Gasteiger partial charge in [0.05, 0.1) is 6.54 Å². The van der Waals surface area contributed by atoms with Crippen LogP contribution in [0.2, 0.25) is 0 Å². The molecule has 0 spiro atoms. The molecule has 0 unspecified atom stereocenters. The number of hydroxylamine groups is 4. The van der Waals surface area contributed by atoms with Gasteiger partial charge in [-0.25, -0.2) is 0 Å². The maximum atomic E-state index is 5.01. The van der Waals surface area contributed by atoms with Crippen molar-refractivity contribution in [2.45, 2.75) is 0 Å². The fourth-order valence-corrected chi connectivity index (χ4v) is 0.532. The number of hydrogen-bond donors (Lipinski definition) is 0. The average Bonchev–Trinajstić information content (AvgIpc) is 2.17. The van der Waals surface area contributed by atoms with E-state index < -0.39 is 0 Å². The highest BCUT2D eigenvalue weighted by atomic mass is 17.1. The van der Waals surface area contributed by atoms with Crippen molar-refractivity contribution in [2.75, 3.05) is 20.3 Å². The lowest BCUT2D eigenvalue weighted by molar-refractivity contribution is -0.336. The molecule has 0 aliphatic carbocycles. The fourth-order valence-electron chi connectivity index (χ4n) is 0.532. The minimum atomic E-state index is 0.403. The van der Waals surface area contributed by atoms with E-state index in [1.54, 1.807) is 7.05 Å². The van der Waals surface area contributed by atoms with Gasteiger partial charge in [-0.15, -0.1) is 11.5 Å². The van der Waals surface area contributed by atoms with Crippen LogP contribution in [0.5, 0.6) is 0 Å². The van der Waals surface area contributed by atoms with Gasteiger partial charge in [-0.2, -0.15) is 4.94 Å². The van der Waals surface area contributed by atoms with E-state index in [1.165, 1.54) is 10.3 Å². The maximum Gasteiger partial charge on any atom is 0.149 e. The molecule has 0 bridgehead atoms. The molecule has 1 aliphatic heterocycles. The van der Waals surface area contributed by atoms with Crippen LogP contribution in [-0.4, -0.2) is 30.6 Å². The molecule has 0 amide bonds. The average molecular weight is 128 g/mol. The van der Waals surface area contributed by atoms with Gasteiger partial charge in [0.25, 0.3) is 0 Å². The second kappa shape index (κ2) is 2.80. The second-order valence-electron chi connectivity index (χ2n) is 1.62. The van der Waals surface area contributed by atoms with Gasteiger partial charge >= 0.3 is 0 Å². The van der Waals surface area contributed by atoms with E-state index in [1.807, 2.05) is 0 Å². The molecule has 1 rings (SSSR count). The van der Waals surface area contributed by atoms with E-state index in [9.17, 15) is 0 Å². The maximum absolute atomic E-state index is 5.01. The van der Waals surface area contributed by atoms with Crippen molar-refractivity contribution in [1.82, 2.24) is 10.3 Å². The van der Waals surface area contributed by atoms with Crippen molar-refractivity contribution >= 4 is 0 Å². The summed E-state index contributed by atoms with van der Waals surface area (Å²) in [5.74, 6) is 2.42. The molecule has 0 saturated carbocycles. The van der Waals surface area contributed by atoms with E-state index in [-0.39, 0.29) is 0 Å².